The molecule has 6 rings (SSSR count). The maximum Gasteiger partial charge on any atom is 0.435 e. The molecular formula is C26H19BrF7N5OS2. The Hall–Kier alpha value is -2.72. The minimum atomic E-state index is -4.98. The minimum Gasteiger partial charge on any atom is -0.346 e. The van der Waals surface area contributed by atoms with Crippen molar-refractivity contribution in [1.29, 1.82) is 0 Å². The number of amides is 1. The average Bonchev–Trinajstić information content (AvgIpc) is 3.46. The fraction of sp³-hybridized carbons (Fsp3) is 0.385. The summed E-state index contributed by atoms with van der Waals surface area (Å²) in [7, 11) is 0. The molecule has 6 nitrogen and oxygen atoms in total. The number of thioether (sulfide) groups is 1. The van der Waals surface area contributed by atoms with Crippen molar-refractivity contribution in [2.45, 2.75) is 54.2 Å². The molecule has 222 valence electrons. The second kappa shape index (κ2) is 10.5. The van der Waals surface area contributed by atoms with E-state index in [1.165, 1.54) is 23.1 Å². The van der Waals surface area contributed by atoms with Crippen LogP contribution in [0.15, 0.2) is 33.1 Å². The van der Waals surface area contributed by atoms with Gasteiger partial charge in [-0.25, -0.2) is 18.7 Å². The zero-order chi connectivity index (χ0) is 30.1. The van der Waals surface area contributed by atoms with E-state index in [0.717, 1.165) is 21.2 Å². The molecule has 3 atom stereocenters. The summed E-state index contributed by atoms with van der Waals surface area (Å²) in [5.74, 6) is -8.48. The van der Waals surface area contributed by atoms with Crippen LogP contribution in [-0.4, -0.2) is 31.9 Å². The number of pyridine rings is 1. The van der Waals surface area contributed by atoms with Gasteiger partial charge in [0.25, 0.3) is 5.92 Å². The van der Waals surface area contributed by atoms with Gasteiger partial charge in [-0.1, -0.05) is 11.8 Å². The molecule has 1 fully saturated rings. The topological polar surface area (TPSA) is 72.7 Å². The highest BCUT2D eigenvalue weighted by Gasteiger charge is 2.63. The number of halogens is 8. The van der Waals surface area contributed by atoms with Gasteiger partial charge in [-0.15, -0.1) is 11.3 Å². The number of hydrogen-bond donors (Lipinski definition) is 1. The summed E-state index contributed by atoms with van der Waals surface area (Å²) in [6.07, 6.45) is -3.08. The number of nitrogens with one attached hydrogen (secondary N) is 1. The Bertz CT molecular complexity index is 1700. The molecule has 4 aromatic rings. The van der Waals surface area contributed by atoms with E-state index in [2.05, 4.69) is 36.3 Å². The Morgan fingerprint density at radius 1 is 1.19 bits per heavy atom. The van der Waals surface area contributed by atoms with Crippen LogP contribution in [0.1, 0.15) is 53.0 Å². The van der Waals surface area contributed by atoms with E-state index < -0.39 is 71.0 Å². The third-order valence-electron chi connectivity index (χ3n) is 7.52. The van der Waals surface area contributed by atoms with Crippen molar-refractivity contribution in [3.8, 4) is 0 Å². The van der Waals surface area contributed by atoms with Crippen LogP contribution < -0.4 is 5.32 Å². The smallest absolute Gasteiger partial charge is 0.346 e. The quantitative estimate of drug-likeness (QED) is 0.162. The van der Waals surface area contributed by atoms with Crippen molar-refractivity contribution in [3.63, 3.8) is 0 Å². The largest absolute Gasteiger partial charge is 0.435 e. The van der Waals surface area contributed by atoms with Crippen molar-refractivity contribution in [3.05, 3.63) is 68.6 Å². The first-order chi connectivity index (χ1) is 19.8. The van der Waals surface area contributed by atoms with E-state index in [0.29, 0.717) is 20.9 Å². The molecular weight excluding hydrogens is 675 g/mol. The highest BCUT2D eigenvalue weighted by molar-refractivity contribution is 9.10. The number of aromatic nitrogens is 4. The summed E-state index contributed by atoms with van der Waals surface area (Å²) in [5.41, 5.74) is -2.13. The zero-order valence-electron chi connectivity index (χ0n) is 21.4. The molecule has 0 bridgehead atoms. The highest BCUT2D eigenvalue weighted by atomic mass is 79.9. The maximum atomic E-state index is 15.2. The second-order valence-corrected chi connectivity index (χ2v) is 13.1. The Kier molecular flexibility index (Phi) is 7.32. The van der Waals surface area contributed by atoms with Gasteiger partial charge in [0.2, 0.25) is 5.91 Å². The number of carbonyl (C=O) groups is 1. The molecule has 3 aromatic heterocycles. The minimum absolute atomic E-state index is 0.0686. The summed E-state index contributed by atoms with van der Waals surface area (Å²) < 4.78 is 102. The zero-order valence-corrected chi connectivity index (χ0v) is 24.6. The number of rotatable bonds is 7. The van der Waals surface area contributed by atoms with Crippen LogP contribution >= 0.6 is 39.0 Å². The van der Waals surface area contributed by atoms with Gasteiger partial charge in [0.15, 0.2) is 15.7 Å². The lowest BCUT2D eigenvalue weighted by Crippen LogP contribution is -2.36. The van der Waals surface area contributed by atoms with E-state index in [9.17, 15) is 26.7 Å². The number of fused-ring (bicyclic) bond motifs is 4. The van der Waals surface area contributed by atoms with Gasteiger partial charge >= 0.3 is 6.18 Å². The van der Waals surface area contributed by atoms with Crippen LogP contribution in [0.3, 0.4) is 0 Å². The molecule has 0 saturated heterocycles. The number of nitrogens with zero attached hydrogens (tertiary/aromatic N) is 4. The molecule has 0 aliphatic heterocycles. The van der Waals surface area contributed by atoms with Crippen LogP contribution in [0.5, 0.6) is 0 Å². The maximum absolute atomic E-state index is 15.2. The summed E-state index contributed by atoms with van der Waals surface area (Å²) in [6.45, 7) is -0.936. The SMILES string of the molecule is CSc1nc2nc(C(Cc3cc(F)cc(F)c3)NC(=O)Cn3nc(C(F)(F)F)c4c3C(F)(F)[C@@H]3CC[C@H]43)c(Br)cc2s1. The Labute approximate surface area is 250 Å². The summed E-state index contributed by atoms with van der Waals surface area (Å²) in [4.78, 5) is 22.2. The number of thiazole rings is 1. The molecule has 16 heteroatoms. The second-order valence-electron chi connectivity index (χ2n) is 10.1. The molecule has 1 unspecified atom stereocenters. The lowest BCUT2D eigenvalue weighted by Gasteiger charge is -2.34. The Morgan fingerprint density at radius 2 is 1.90 bits per heavy atom. The van der Waals surface area contributed by atoms with Gasteiger partial charge in [0.05, 0.1) is 16.4 Å². The number of alkyl halides is 5. The molecule has 1 saturated carbocycles. The first kappa shape index (κ1) is 29.4. The third-order valence-corrected chi connectivity index (χ3v) is 10.1. The summed E-state index contributed by atoms with van der Waals surface area (Å²) in [5, 5.41) is 6.04. The van der Waals surface area contributed by atoms with Crippen LogP contribution in [0.2, 0.25) is 0 Å². The molecule has 2 aliphatic carbocycles. The lowest BCUT2D eigenvalue weighted by molar-refractivity contribution is -0.144. The lowest BCUT2D eigenvalue weighted by atomic mass is 9.73. The van der Waals surface area contributed by atoms with E-state index >= 15 is 8.78 Å². The molecule has 1 N–H and O–H groups in total. The fourth-order valence-corrected chi connectivity index (χ4v) is 7.89. The van der Waals surface area contributed by atoms with E-state index in [1.807, 2.05) is 6.26 Å². The molecule has 0 radical (unpaired) electrons. The van der Waals surface area contributed by atoms with E-state index in [1.54, 1.807) is 6.07 Å². The molecule has 42 heavy (non-hydrogen) atoms. The third kappa shape index (κ3) is 5.08. The van der Waals surface area contributed by atoms with Gasteiger partial charge in [-0.3, -0.25) is 9.48 Å². The number of benzene rings is 1. The average molecular weight is 694 g/mol. The van der Waals surface area contributed by atoms with Crippen molar-refractivity contribution < 1.29 is 35.5 Å². The standard InChI is InChI=1S/C26H19BrF7N5OS2/c1-41-24-37-23-17(42-24)8-15(27)20(36-23)16(6-10-4-11(28)7-12(29)5-10)35-18(40)9-39-22-19(21(38-39)26(32,33)34)13-2-3-14(13)25(22,30)31/h4-5,7-8,13-14,16H,2-3,6,9H2,1H3,(H,35,40)/t13-,14+,16?/m0/s1. The molecule has 1 aromatic carbocycles. The Balaban J connectivity index is 1.36. The summed E-state index contributed by atoms with van der Waals surface area (Å²) in [6, 6.07) is 3.46. The molecule has 2 aliphatic rings. The van der Waals surface area contributed by atoms with Crippen LogP contribution in [0.25, 0.3) is 10.3 Å². The van der Waals surface area contributed by atoms with E-state index in [-0.39, 0.29) is 30.5 Å². The van der Waals surface area contributed by atoms with Crippen molar-refractivity contribution >= 4 is 55.3 Å². The fourth-order valence-electron chi connectivity index (χ4n) is 5.68. The van der Waals surface area contributed by atoms with Crippen molar-refractivity contribution in [1.82, 2.24) is 25.1 Å². The van der Waals surface area contributed by atoms with E-state index in [4.69, 9.17) is 0 Å². The molecule has 1 amide bonds. The van der Waals surface area contributed by atoms with Crippen LogP contribution in [0, 0.1) is 17.6 Å². The normalized spacial score (nSPS) is 19.8. The van der Waals surface area contributed by atoms with Gasteiger partial charge < -0.3 is 5.32 Å². The summed E-state index contributed by atoms with van der Waals surface area (Å²) >= 11 is 6.19. The predicted octanol–water partition coefficient (Wildman–Crippen LogP) is 7.37. The monoisotopic (exact) mass is 693 g/mol. The highest BCUT2D eigenvalue weighted by Crippen LogP contribution is 2.64. The van der Waals surface area contributed by atoms with Crippen LogP contribution in [-0.2, 0) is 29.9 Å². The molecule has 0 spiro atoms. The first-order valence-electron chi connectivity index (χ1n) is 12.6. The van der Waals surface area contributed by atoms with Crippen molar-refractivity contribution in [2.24, 2.45) is 5.92 Å². The number of carbonyl (C=O) groups excluding carboxylic acids is 1. The number of hydrogen-bond acceptors (Lipinski definition) is 6. The van der Waals surface area contributed by atoms with Gasteiger partial charge in [0.1, 0.15) is 23.9 Å². The van der Waals surface area contributed by atoms with Gasteiger partial charge in [0, 0.05) is 22.0 Å². The first-order valence-corrected chi connectivity index (χ1v) is 15.4. The van der Waals surface area contributed by atoms with Gasteiger partial charge in [-0.2, -0.15) is 27.1 Å². The Morgan fingerprint density at radius 3 is 2.52 bits per heavy atom. The predicted molar refractivity (Wildman–Crippen MR) is 144 cm³/mol. The van der Waals surface area contributed by atoms with Crippen molar-refractivity contribution in [2.75, 3.05) is 6.26 Å². The van der Waals surface area contributed by atoms with Crippen LogP contribution in [0.4, 0.5) is 30.7 Å². The van der Waals surface area contributed by atoms with Gasteiger partial charge in [-0.05, 0) is 71.1 Å². The molecule has 3 heterocycles.